The van der Waals surface area contributed by atoms with Crippen LogP contribution in [-0.4, -0.2) is 60.7 Å². The Morgan fingerprint density at radius 2 is 1.40 bits per heavy atom. The van der Waals surface area contributed by atoms with Crippen LogP contribution in [0.3, 0.4) is 0 Å². The van der Waals surface area contributed by atoms with Gasteiger partial charge in [0.15, 0.2) is 0 Å². The van der Waals surface area contributed by atoms with Crippen LogP contribution in [0, 0.1) is 0 Å². The summed E-state index contributed by atoms with van der Waals surface area (Å²) in [5.74, 6) is -0.0486. The number of alkyl carbamates (subject to hydrolysis) is 2. The highest BCUT2D eigenvalue weighted by molar-refractivity contribution is 6.01. The predicted molar refractivity (Wildman–Crippen MR) is 95.6 cm³/mol. The molecule has 9 heteroatoms. The highest BCUT2D eigenvalue weighted by Gasteiger charge is 2.21. The van der Waals surface area contributed by atoms with Crippen LogP contribution in [0.25, 0.3) is 0 Å². The summed E-state index contributed by atoms with van der Waals surface area (Å²) in [6.45, 7) is 12.0. The van der Waals surface area contributed by atoms with Crippen LogP contribution in [0.1, 0.15) is 48.0 Å². The Kier molecular flexibility index (Phi) is 10.1. The smallest absolute Gasteiger partial charge is 0.414 e. The van der Waals surface area contributed by atoms with Crippen LogP contribution < -0.4 is 16.0 Å². The molecule has 4 N–H and O–H groups in total. The van der Waals surface area contributed by atoms with Crippen molar-refractivity contribution >= 4 is 18.1 Å². The first-order valence-electron chi connectivity index (χ1n) is 8.29. The Bertz CT molecular complexity index is 420. The average molecular weight is 360 g/mol. The number of nitrogens with zero attached hydrogens (tertiary/aromatic N) is 1. The van der Waals surface area contributed by atoms with Gasteiger partial charge < -0.3 is 19.9 Å². The molecule has 0 radical (unpaired) electrons. The standard InChI is InChI=1S/C16H32N4O5/c1-15(2,3)24-13(22)19-12(18-10-9-17-8-7-11-21)20-14(23)25-16(4,5)6/h17,21H,7-11H2,1-6H3,(H2,18,19,20,22,23). The van der Waals surface area contributed by atoms with Gasteiger partial charge in [-0.1, -0.05) is 0 Å². The fraction of sp³-hybridized carbons (Fsp3) is 0.812. The first-order chi connectivity index (χ1) is 11.4. The largest absolute Gasteiger partial charge is 0.444 e. The summed E-state index contributed by atoms with van der Waals surface area (Å²) in [7, 11) is 0. The van der Waals surface area contributed by atoms with Crippen molar-refractivity contribution in [3.8, 4) is 0 Å². The van der Waals surface area contributed by atoms with Crippen molar-refractivity contribution in [2.75, 3.05) is 26.2 Å². The molecule has 0 aromatic heterocycles. The van der Waals surface area contributed by atoms with Crippen molar-refractivity contribution in [3.05, 3.63) is 0 Å². The fourth-order valence-corrected chi connectivity index (χ4v) is 1.49. The Hall–Kier alpha value is -1.87. The number of aliphatic hydroxyl groups is 1. The molecule has 0 atom stereocenters. The summed E-state index contributed by atoms with van der Waals surface area (Å²) in [6, 6.07) is 0. The van der Waals surface area contributed by atoms with Crippen molar-refractivity contribution in [1.29, 1.82) is 0 Å². The molecular formula is C16H32N4O5. The van der Waals surface area contributed by atoms with Gasteiger partial charge >= 0.3 is 12.2 Å². The van der Waals surface area contributed by atoms with Crippen LogP contribution in [0.15, 0.2) is 4.99 Å². The zero-order valence-electron chi connectivity index (χ0n) is 16.1. The fourth-order valence-electron chi connectivity index (χ4n) is 1.49. The van der Waals surface area contributed by atoms with E-state index in [9.17, 15) is 9.59 Å². The number of nitrogens with one attached hydrogen (secondary N) is 3. The molecule has 0 aromatic carbocycles. The van der Waals surface area contributed by atoms with E-state index in [1.54, 1.807) is 41.5 Å². The number of carbonyl (C=O) groups excluding carboxylic acids is 2. The molecule has 0 saturated carbocycles. The van der Waals surface area contributed by atoms with Crippen molar-refractivity contribution < 1.29 is 24.2 Å². The zero-order valence-corrected chi connectivity index (χ0v) is 16.1. The number of amides is 2. The minimum Gasteiger partial charge on any atom is -0.444 e. The molecule has 0 spiro atoms. The lowest BCUT2D eigenvalue weighted by atomic mass is 10.2. The van der Waals surface area contributed by atoms with E-state index in [4.69, 9.17) is 14.6 Å². The molecule has 0 heterocycles. The number of carbonyl (C=O) groups is 2. The van der Waals surface area contributed by atoms with E-state index in [1.165, 1.54) is 0 Å². The SMILES string of the molecule is CC(C)(C)OC(=O)NC(=NCCNCCCO)NC(=O)OC(C)(C)C. The molecule has 0 saturated heterocycles. The summed E-state index contributed by atoms with van der Waals surface area (Å²) in [6.07, 6.45) is -0.811. The maximum Gasteiger partial charge on any atom is 0.414 e. The quantitative estimate of drug-likeness (QED) is 0.322. The number of hydrogen-bond acceptors (Lipinski definition) is 7. The molecular weight excluding hydrogens is 328 g/mol. The maximum absolute atomic E-state index is 11.9. The van der Waals surface area contributed by atoms with Crippen molar-refractivity contribution in [2.45, 2.75) is 59.2 Å². The van der Waals surface area contributed by atoms with Gasteiger partial charge in [-0.15, -0.1) is 0 Å². The monoisotopic (exact) mass is 360 g/mol. The van der Waals surface area contributed by atoms with Gasteiger partial charge in [-0.05, 0) is 54.5 Å². The third-order valence-corrected chi connectivity index (χ3v) is 2.31. The molecule has 0 bridgehead atoms. The van der Waals surface area contributed by atoms with Crippen molar-refractivity contribution in [3.63, 3.8) is 0 Å². The van der Waals surface area contributed by atoms with E-state index < -0.39 is 23.4 Å². The number of aliphatic hydroxyl groups excluding tert-OH is 1. The van der Waals surface area contributed by atoms with Gasteiger partial charge in [-0.3, -0.25) is 15.6 Å². The lowest BCUT2D eigenvalue weighted by molar-refractivity contribution is 0.0545. The molecule has 0 aliphatic heterocycles. The minimum atomic E-state index is -0.726. The Morgan fingerprint density at radius 1 is 0.920 bits per heavy atom. The summed E-state index contributed by atoms with van der Waals surface area (Å²) in [5, 5.41) is 16.6. The number of ether oxygens (including phenoxy) is 2. The second-order valence-electron chi connectivity index (χ2n) is 7.31. The van der Waals surface area contributed by atoms with E-state index in [-0.39, 0.29) is 12.6 Å². The maximum atomic E-state index is 11.9. The predicted octanol–water partition coefficient (Wildman–Crippen LogP) is 1.36. The van der Waals surface area contributed by atoms with Crippen LogP contribution >= 0.6 is 0 Å². The lowest BCUT2D eigenvalue weighted by Crippen LogP contribution is -2.47. The highest BCUT2D eigenvalue weighted by atomic mass is 16.6. The zero-order chi connectivity index (χ0) is 19.5. The first-order valence-corrected chi connectivity index (χ1v) is 8.29. The molecule has 0 aliphatic rings. The molecule has 9 nitrogen and oxygen atoms in total. The topological polar surface area (TPSA) is 121 Å². The highest BCUT2D eigenvalue weighted by Crippen LogP contribution is 2.07. The summed E-state index contributed by atoms with van der Waals surface area (Å²) in [5.41, 5.74) is -1.35. The third-order valence-electron chi connectivity index (χ3n) is 2.31. The Labute approximate surface area is 149 Å². The molecule has 0 unspecified atom stereocenters. The summed E-state index contributed by atoms with van der Waals surface area (Å²) in [4.78, 5) is 27.8. The van der Waals surface area contributed by atoms with Crippen LogP contribution in [0.2, 0.25) is 0 Å². The summed E-state index contributed by atoms with van der Waals surface area (Å²) < 4.78 is 10.3. The van der Waals surface area contributed by atoms with E-state index in [2.05, 4.69) is 20.9 Å². The molecule has 2 amide bonds. The Balaban J connectivity index is 4.69. The van der Waals surface area contributed by atoms with Crippen LogP contribution in [0.4, 0.5) is 9.59 Å². The number of rotatable bonds is 6. The van der Waals surface area contributed by atoms with Gasteiger partial charge in [0.1, 0.15) is 11.2 Å². The second-order valence-corrected chi connectivity index (χ2v) is 7.31. The molecule has 0 aliphatic carbocycles. The molecule has 0 rings (SSSR count). The number of hydrogen-bond donors (Lipinski definition) is 4. The molecule has 0 aromatic rings. The molecule has 146 valence electrons. The van der Waals surface area contributed by atoms with Gasteiger partial charge in [0.2, 0.25) is 5.96 Å². The number of guanidine groups is 1. The minimum absolute atomic E-state index is 0.0486. The molecule has 25 heavy (non-hydrogen) atoms. The van der Waals surface area contributed by atoms with E-state index in [1.807, 2.05) is 0 Å². The van der Waals surface area contributed by atoms with Crippen LogP contribution in [-0.2, 0) is 9.47 Å². The summed E-state index contributed by atoms with van der Waals surface area (Å²) >= 11 is 0. The first kappa shape index (κ1) is 23.1. The van der Waals surface area contributed by atoms with Gasteiger partial charge in [0.05, 0.1) is 6.54 Å². The van der Waals surface area contributed by atoms with E-state index >= 15 is 0 Å². The van der Waals surface area contributed by atoms with Gasteiger partial charge in [-0.25, -0.2) is 9.59 Å². The van der Waals surface area contributed by atoms with Crippen molar-refractivity contribution in [1.82, 2.24) is 16.0 Å². The van der Waals surface area contributed by atoms with Gasteiger partial charge in [-0.2, -0.15) is 0 Å². The third kappa shape index (κ3) is 15.4. The normalized spacial score (nSPS) is 11.5. The van der Waals surface area contributed by atoms with E-state index in [0.29, 0.717) is 26.1 Å². The number of aliphatic imine (C=N–C) groups is 1. The van der Waals surface area contributed by atoms with Crippen LogP contribution in [0.5, 0.6) is 0 Å². The van der Waals surface area contributed by atoms with Gasteiger partial charge in [0.25, 0.3) is 0 Å². The van der Waals surface area contributed by atoms with Crippen molar-refractivity contribution in [2.24, 2.45) is 4.99 Å². The average Bonchev–Trinajstić information content (AvgIpc) is 2.37. The second kappa shape index (κ2) is 10.9. The Morgan fingerprint density at radius 3 is 1.80 bits per heavy atom. The molecule has 0 fully saturated rings. The lowest BCUT2D eigenvalue weighted by Gasteiger charge is -2.22. The van der Waals surface area contributed by atoms with E-state index in [0.717, 1.165) is 0 Å². The van der Waals surface area contributed by atoms with Gasteiger partial charge in [0, 0.05) is 13.2 Å².